The van der Waals surface area contributed by atoms with Crippen LogP contribution in [0.2, 0.25) is 0 Å². The summed E-state index contributed by atoms with van der Waals surface area (Å²) in [6.45, 7) is 1.72. The van der Waals surface area contributed by atoms with Gasteiger partial charge in [0.15, 0.2) is 11.6 Å². The zero-order valence-electron chi connectivity index (χ0n) is 10.2. The Hall–Kier alpha value is -2.14. The monoisotopic (exact) mass is 274 g/mol. The molecule has 0 aliphatic rings. The van der Waals surface area contributed by atoms with Crippen molar-refractivity contribution in [3.05, 3.63) is 47.1 Å². The molecular formula is C14H11FN2OS. The highest BCUT2D eigenvalue weighted by atomic mass is 32.1. The first kappa shape index (κ1) is 11.9. The molecule has 2 heterocycles. The highest BCUT2D eigenvalue weighted by Crippen LogP contribution is 2.38. The van der Waals surface area contributed by atoms with Crippen LogP contribution in [0.1, 0.15) is 5.56 Å². The van der Waals surface area contributed by atoms with Crippen LogP contribution < -0.4 is 5.73 Å². The fraction of sp³-hybridized carbons (Fsp3) is 0.0714. The van der Waals surface area contributed by atoms with Crippen LogP contribution in [0.15, 0.2) is 40.2 Å². The number of halogens is 1. The predicted octanol–water partition coefficient (Wildman–Crippen LogP) is 4.10. The highest BCUT2D eigenvalue weighted by Gasteiger charge is 2.19. The lowest BCUT2D eigenvalue weighted by Gasteiger charge is -2.02. The van der Waals surface area contributed by atoms with E-state index in [0.717, 1.165) is 10.4 Å². The van der Waals surface area contributed by atoms with Crippen LogP contribution in [0, 0.1) is 12.7 Å². The Morgan fingerprint density at radius 2 is 2.16 bits per heavy atom. The largest absolute Gasteiger partial charge is 0.380 e. The van der Waals surface area contributed by atoms with Crippen LogP contribution in [0.25, 0.3) is 21.8 Å². The Labute approximate surface area is 113 Å². The molecule has 0 aliphatic heterocycles. The summed E-state index contributed by atoms with van der Waals surface area (Å²) >= 11 is 1.54. The summed E-state index contributed by atoms with van der Waals surface area (Å²) in [4.78, 5) is 0.953. The average molecular weight is 274 g/mol. The van der Waals surface area contributed by atoms with Gasteiger partial charge in [-0.25, -0.2) is 4.39 Å². The van der Waals surface area contributed by atoms with Crippen LogP contribution >= 0.6 is 11.3 Å². The van der Waals surface area contributed by atoms with Crippen molar-refractivity contribution < 1.29 is 8.91 Å². The average Bonchev–Trinajstić information content (AvgIpc) is 3.01. The normalized spacial score (nSPS) is 10.8. The molecule has 0 saturated carbocycles. The quantitative estimate of drug-likeness (QED) is 0.765. The topological polar surface area (TPSA) is 52.0 Å². The lowest BCUT2D eigenvalue weighted by atomic mass is 10.1. The van der Waals surface area contributed by atoms with E-state index in [1.165, 1.54) is 17.4 Å². The summed E-state index contributed by atoms with van der Waals surface area (Å²) in [6.07, 6.45) is 0. The predicted molar refractivity (Wildman–Crippen MR) is 74.4 cm³/mol. The third-order valence-corrected chi connectivity index (χ3v) is 3.81. The highest BCUT2D eigenvalue weighted by molar-refractivity contribution is 7.13. The van der Waals surface area contributed by atoms with E-state index in [1.807, 2.05) is 17.5 Å². The molecule has 0 aliphatic carbocycles. The molecule has 0 bridgehead atoms. The van der Waals surface area contributed by atoms with Gasteiger partial charge in [0.05, 0.1) is 5.56 Å². The number of aryl methyl sites for hydroxylation is 1. The van der Waals surface area contributed by atoms with Gasteiger partial charge in [0, 0.05) is 10.4 Å². The van der Waals surface area contributed by atoms with Crippen molar-refractivity contribution >= 4 is 17.2 Å². The number of nitrogen functional groups attached to an aromatic ring is 1. The maximum Gasteiger partial charge on any atom is 0.177 e. The summed E-state index contributed by atoms with van der Waals surface area (Å²) in [7, 11) is 0. The standard InChI is InChI=1S/C14H11FN2OS/c1-8-4-5-9(7-10(8)15)13-12(14(16)17-18-13)11-3-2-6-19-11/h2-7H,1H3,(H2,16,17). The van der Waals surface area contributed by atoms with Crippen LogP contribution in [0.4, 0.5) is 10.2 Å². The molecule has 5 heteroatoms. The lowest BCUT2D eigenvalue weighted by molar-refractivity contribution is 0.436. The van der Waals surface area contributed by atoms with Gasteiger partial charge in [-0.2, -0.15) is 0 Å². The first-order valence-corrected chi connectivity index (χ1v) is 6.60. The fourth-order valence-corrected chi connectivity index (χ4v) is 2.67. The number of nitrogens with two attached hydrogens (primary N) is 1. The SMILES string of the molecule is Cc1ccc(-c2onc(N)c2-c2cccs2)cc1F. The minimum atomic E-state index is -0.274. The number of hydrogen-bond acceptors (Lipinski definition) is 4. The number of anilines is 1. The second-order valence-electron chi connectivity index (χ2n) is 4.21. The molecule has 0 unspecified atom stereocenters. The third kappa shape index (κ3) is 2.02. The number of aromatic nitrogens is 1. The molecule has 96 valence electrons. The molecule has 0 amide bonds. The molecule has 0 saturated heterocycles. The Kier molecular flexibility index (Phi) is 2.83. The van der Waals surface area contributed by atoms with Crippen molar-refractivity contribution in [3.63, 3.8) is 0 Å². The van der Waals surface area contributed by atoms with Gasteiger partial charge in [-0.1, -0.05) is 23.4 Å². The van der Waals surface area contributed by atoms with Gasteiger partial charge in [0.25, 0.3) is 0 Å². The first-order valence-electron chi connectivity index (χ1n) is 5.72. The number of thiophene rings is 1. The van der Waals surface area contributed by atoms with Gasteiger partial charge in [-0.3, -0.25) is 0 Å². The van der Waals surface area contributed by atoms with Gasteiger partial charge < -0.3 is 10.3 Å². The van der Waals surface area contributed by atoms with E-state index in [9.17, 15) is 4.39 Å². The molecule has 0 spiro atoms. The summed E-state index contributed by atoms with van der Waals surface area (Å²) in [5, 5.41) is 5.73. The molecule has 0 fully saturated rings. The third-order valence-electron chi connectivity index (χ3n) is 2.92. The van der Waals surface area contributed by atoms with Crippen LogP contribution in [0.3, 0.4) is 0 Å². The van der Waals surface area contributed by atoms with Gasteiger partial charge >= 0.3 is 0 Å². The molecule has 2 aromatic heterocycles. The van der Waals surface area contributed by atoms with E-state index in [1.54, 1.807) is 19.1 Å². The molecule has 3 rings (SSSR count). The Morgan fingerprint density at radius 3 is 2.84 bits per heavy atom. The number of rotatable bonds is 2. The summed E-state index contributed by atoms with van der Waals surface area (Å²) in [5.41, 5.74) is 7.79. The Bertz CT molecular complexity index is 719. The van der Waals surface area contributed by atoms with Gasteiger partial charge in [-0.05, 0) is 30.0 Å². The number of nitrogens with zero attached hydrogens (tertiary/aromatic N) is 1. The number of benzene rings is 1. The summed E-state index contributed by atoms with van der Waals surface area (Å²) in [6, 6.07) is 8.80. The minimum Gasteiger partial charge on any atom is -0.380 e. The zero-order chi connectivity index (χ0) is 13.4. The first-order chi connectivity index (χ1) is 9.16. The second kappa shape index (κ2) is 4.51. The maximum absolute atomic E-state index is 13.7. The zero-order valence-corrected chi connectivity index (χ0v) is 11.0. The van der Waals surface area contributed by atoms with Crippen molar-refractivity contribution in [3.8, 4) is 21.8 Å². The van der Waals surface area contributed by atoms with Crippen molar-refractivity contribution in [1.29, 1.82) is 0 Å². The molecule has 3 aromatic rings. The molecular weight excluding hydrogens is 263 g/mol. The van der Waals surface area contributed by atoms with Gasteiger partial charge in [-0.15, -0.1) is 11.3 Å². The fourth-order valence-electron chi connectivity index (χ4n) is 1.89. The Morgan fingerprint density at radius 1 is 1.32 bits per heavy atom. The van der Waals surface area contributed by atoms with E-state index in [4.69, 9.17) is 10.3 Å². The van der Waals surface area contributed by atoms with Crippen LogP contribution in [0.5, 0.6) is 0 Å². The molecule has 0 atom stereocenters. The molecule has 1 aromatic carbocycles. The smallest absolute Gasteiger partial charge is 0.177 e. The van der Waals surface area contributed by atoms with E-state index in [2.05, 4.69) is 5.16 Å². The van der Waals surface area contributed by atoms with E-state index in [0.29, 0.717) is 22.7 Å². The molecule has 19 heavy (non-hydrogen) atoms. The van der Waals surface area contributed by atoms with Crippen molar-refractivity contribution in [2.75, 3.05) is 5.73 Å². The molecule has 0 radical (unpaired) electrons. The van der Waals surface area contributed by atoms with Crippen LogP contribution in [-0.4, -0.2) is 5.16 Å². The Balaban J connectivity index is 2.18. The second-order valence-corrected chi connectivity index (χ2v) is 5.16. The van der Waals surface area contributed by atoms with E-state index in [-0.39, 0.29) is 5.82 Å². The van der Waals surface area contributed by atoms with Gasteiger partial charge in [0.2, 0.25) is 0 Å². The van der Waals surface area contributed by atoms with Crippen molar-refractivity contribution in [2.24, 2.45) is 0 Å². The summed E-state index contributed by atoms with van der Waals surface area (Å²) < 4.78 is 18.9. The van der Waals surface area contributed by atoms with Crippen LogP contribution in [-0.2, 0) is 0 Å². The molecule has 3 nitrogen and oxygen atoms in total. The maximum atomic E-state index is 13.7. The molecule has 2 N–H and O–H groups in total. The van der Waals surface area contributed by atoms with E-state index >= 15 is 0 Å². The summed E-state index contributed by atoms with van der Waals surface area (Å²) in [5.74, 6) is 0.543. The van der Waals surface area contributed by atoms with Crippen molar-refractivity contribution in [1.82, 2.24) is 5.16 Å². The minimum absolute atomic E-state index is 0.274. The lowest BCUT2D eigenvalue weighted by Crippen LogP contribution is -1.88. The van der Waals surface area contributed by atoms with Crippen molar-refractivity contribution in [2.45, 2.75) is 6.92 Å². The van der Waals surface area contributed by atoms with E-state index < -0.39 is 0 Å². The van der Waals surface area contributed by atoms with Gasteiger partial charge in [0.1, 0.15) is 5.82 Å². The number of hydrogen-bond donors (Lipinski definition) is 1.